The molecule has 0 radical (unpaired) electrons. The first-order valence-electron chi connectivity index (χ1n) is 9.57. The van der Waals surface area contributed by atoms with Crippen molar-refractivity contribution in [3.05, 3.63) is 0 Å². The first-order valence-corrected chi connectivity index (χ1v) is 9.57. The molecular formula is C19H43NO. The van der Waals surface area contributed by atoms with Crippen molar-refractivity contribution in [1.82, 2.24) is 4.90 Å². The van der Waals surface area contributed by atoms with Crippen molar-refractivity contribution in [2.45, 2.75) is 104 Å². The third kappa shape index (κ3) is 17.9. The van der Waals surface area contributed by atoms with Crippen molar-refractivity contribution >= 4 is 0 Å². The molecule has 0 rings (SSSR count). The summed E-state index contributed by atoms with van der Waals surface area (Å²) in [5, 5.41) is 0. The molecule has 0 unspecified atom stereocenters. The van der Waals surface area contributed by atoms with Crippen LogP contribution in [0.2, 0.25) is 0 Å². The summed E-state index contributed by atoms with van der Waals surface area (Å²) in [4.78, 5) is 2.54. The highest BCUT2D eigenvalue weighted by atomic mass is 16.0. The standard InChI is InChI=1S/C19H41N.H2O/c1-4-7-8-9-10-11-12-13-14-15-16-17-18-19-20(5-2)6-3;/h4-19H2,1-3H3;1H2. The highest BCUT2D eigenvalue weighted by molar-refractivity contribution is 4.53. The Morgan fingerprint density at radius 3 is 1.14 bits per heavy atom. The van der Waals surface area contributed by atoms with Gasteiger partial charge in [0.1, 0.15) is 0 Å². The summed E-state index contributed by atoms with van der Waals surface area (Å²) in [7, 11) is 0. The van der Waals surface area contributed by atoms with Crippen LogP contribution in [-0.4, -0.2) is 30.0 Å². The molecule has 0 aromatic heterocycles. The largest absolute Gasteiger partial charge is 0.412 e. The monoisotopic (exact) mass is 301 g/mol. The third-order valence-corrected chi connectivity index (χ3v) is 4.47. The van der Waals surface area contributed by atoms with Gasteiger partial charge in [-0.1, -0.05) is 97.8 Å². The molecule has 0 spiro atoms. The van der Waals surface area contributed by atoms with E-state index in [4.69, 9.17) is 0 Å². The Bertz CT molecular complexity index is 169. The average Bonchev–Trinajstić information content (AvgIpc) is 2.48. The van der Waals surface area contributed by atoms with Crippen molar-refractivity contribution in [2.75, 3.05) is 19.6 Å². The normalized spacial score (nSPS) is 10.9. The number of rotatable bonds is 16. The molecule has 0 atom stereocenters. The molecule has 0 saturated carbocycles. The predicted octanol–water partition coefficient (Wildman–Crippen LogP) is 5.59. The van der Waals surface area contributed by atoms with Gasteiger partial charge in [0.05, 0.1) is 0 Å². The minimum atomic E-state index is 0. The Hall–Kier alpha value is -0.0800. The van der Waals surface area contributed by atoms with Crippen molar-refractivity contribution in [1.29, 1.82) is 0 Å². The molecule has 0 fully saturated rings. The van der Waals surface area contributed by atoms with Gasteiger partial charge in [-0.15, -0.1) is 0 Å². The predicted molar refractivity (Wildman–Crippen MR) is 97.1 cm³/mol. The fourth-order valence-electron chi connectivity index (χ4n) is 2.89. The number of nitrogens with zero attached hydrogens (tertiary/aromatic N) is 1. The summed E-state index contributed by atoms with van der Waals surface area (Å²) in [6.45, 7) is 10.6. The molecule has 2 heteroatoms. The van der Waals surface area contributed by atoms with Gasteiger partial charge in [0.25, 0.3) is 0 Å². The maximum absolute atomic E-state index is 2.54. The van der Waals surface area contributed by atoms with Gasteiger partial charge in [-0.25, -0.2) is 0 Å². The Morgan fingerprint density at radius 1 is 0.476 bits per heavy atom. The van der Waals surface area contributed by atoms with Crippen molar-refractivity contribution < 1.29 is 5.48 Å². The van der Waals surface area contributed by atoms with E-state index in [1.54, 1.807) is 0 Å². The number of hydrogen-bond donors (Lipinski definition) is 0. The van der Waals surface area contributed by atoms with Crippen LogP contribution in [0.15, 0.2) is 0 Å². The zero-order valence-corrected chi connectivity index (χ0v) is 15.3. The first-order chi connectivity index (χ1) is 9.85. The molecule has 2 nitrogen and oxygen atoms in total. The summed E-state index contributed by atoms with van der Waals surface area (Å²) < 4.78 is 0. The fourth-order valence-corrected chi connectivity index (χ4v) is 2.89. The zero-order valence-electron chi connectivity index (χ0n) is 15.3. The van der Waals surface area contributed by atoms with Crippen LogP contribution in [-0.2, 0) is 0 Å². The lowest BCUT2D eigenvalue weighted by Crippen LogP contribution is -2.23. The first kappa shape index (κ1) is 23.2. The van der Waals surface area contributed by atoms with E-state index in [9.17, 15) is 0 Å². The van der Waals surface area contributed by atoms with E-state index in [1.807, 2.05) is 0 Å². The maximum atomic E-state index is 2.54. The molecule has 130 valence electrons. The van der Waals surface area contributed by atoms with E-state index in [0.717, 1.165) is 0 Å². The van der Waals surface area contributed by atoms with Gasteiger partial charge in [0.15, 0.2) is 0 Å². The lowest BCUT2D eigenvalue weighted by molar-refractivity contribution is 0.295. The van der Waals surface area contributed by atoms with Crippen LogP contribution < -0.4 is 0 Å². The maximum Gasteiger partial charge on any atom is -0.00190 e. The smallest absolute Gasteiger partial charge is 0.00190 e. The van der Waals surface area contributed by atoms with E-state index in [-0.39, 0.29) is 5.48 Å². The summed E-state index contributed by atoms with van der Waals surface area (Å²) in [5.41, 5.74) is 0. The lowest BCUT2D eigenvalue weighted by Gasteiger charge is -2.17. The Balaban J connectivity index is 0. The van der Waals surface area contributed by atoms with Crippen LogP contribution in [0, 0.1) is 0 Å². The molecule has 0 aliphatic rings. The summed E-state index contributed by atoms with van der Waals surface area (Å²) in [6, 6.07) is 0. The van der Waals surface area contributed by atoms with Gasteiger partial charge in [-0.3, -0.25) is 0 Å². The van der Waals surface area contributed by atoms with Crippen molar-refractivity contribution in [3.63, 3.8) is 0 Å². The van der Waals surface area contributed by atoms with Gasteiger partial charge in [-0.05, 0) is 26.1 Å². The molecule has 0 heterocycles. The highest BCUT2D eigenvalue weighted by Gasteiger charge is 1.98. The minimum Gasteiger partial charge on any atom is -0.412 e. The topological polar surface area (TPSA) is 34.7 Å². The molecule has 0 aliphatic carbocycles. The second-order valence-corrected chi connectivity index (χ2v) is 6.27. The molecule has 0 saturated heterocycles. The van der Waals surface area contributed by atoms with Crippen LogP contribution >= 0.6 is 0 Å². The van der Waals surface area contributed by atoms with E-state index >= 15 is 0 Å². The van der Waals surface area contributed by atoms with Crippen LogP contribution in [0.5, 0.6) is 0 Å². The van der Waals surface area contributed by atoms with Gasteiger partial charge in [0, 0.05) is 0 Å². The summed E-state index contributed by atoms with van der Waals surface area (Å²) in [6.07, 6.45) is 18.9. The molecular weight excluding hydrogens is 258 g/mol. The average molecular weight is 302 g/mol. The molecule has 0 amide bonds. The number of unbranched alkanes of at least 4 members (excludes halogenated alkanes) is 12. The zero-order chi connectivity index (χ0) is 14.9. The summed E-state index contributed by atoms with van der Waals surface area (Å²) >= 11 is 0. The van der Waals surface area contributed by atoms with E-state index < -0.39 is 0 Å². The van der Waals surface area contributed by atoms with Gasteiger partial charge in [0.2, 0.25) is 0 Å². The van der Waals surface area contributed by atoms with E-state index in [1.165, 1.54) is 103 Å². The Labute approximate surface area is 135 Å². The van der Waals surface area contributed by atoms with Crippen molar-refractivity contribution in [3.8, 4) is 0 Å². The molecule has 21 heavy (non-hydrogen) atoms. The lowest BCUT2D eigenvalue weighted by atomic mass is 10.0. The van der Waals surface area contributed by atoms with Crippen LogP contribution in [0.1, 0.15) is 104 Å². The summed E-state index contributed by atoms with van der Waals surface area (Å²) in [5.74, 6) is 0. The number of hydrogen-bond acceptors (Lipinski definition) is 1. The second-order valence-electron chi connectivity index (χ2n) is 6.27. The Morgan fingerprint density at radius 2 is 0.810 bits per heavy atom. The van der Waals surface area contributed by atoms with Gasteiger partial charge in [-0.2, -0.15) is 0 Å². The van der Waals surface area contributed by atoms with Crippen molar-refractivity contribution in [2.24, 2.45) is 0 Å². The van der Waals surface area contributed by atoms with E-state index in [0.29, 0.717) is 0 Å². The minimum absolute atomic E-state index is 0. The van der Waals surface area contributed by atoms with E-state index in [2.05, 4.69) is 25.7 Å². The Kier molecular flexibility index (Phi) is 22.0. The SMILES string of the molecule is CCCCCCCCCCCCCCCN(CC)CC.O. The second kappa shape index (κ2) is 19.9. The highest BCUT2D eigenvalue weighted by Crippen LogP contribution is 2.12. The quantitative estimate of drug-likeness (QED) is 0.342. The molecule has 0 aliphatic heterocycles. The van der Waals surface area contributed by atoms with Gasteiger partial charge >= 0.3 is 0 Å². The van der Waals surface area contributed by atoms with Crippen LogP contribution in [0.4, 0.5) is 0 Å². The third-order valence-electron chi connectivity index (χ3n) is 4.47. The molecule has 2 N–H and O–H groups in total. The van der Waals surface area contributed by atoms with Crippen LogP contribution in [0.3, 0.4) is 0 Å². The van der Waals surface area contributed by atoms with Crippen LogP contribution in [0.25, 0.3) is 0 Å². The van der Waals surface area contributed by atoms with Gasteiger partial charge < -0.3 is 10.4 Å². The molecule has 0 aromatic rings. The fraction of sp³-hybridized carbons (Fsp3) is 1.00. The molecule has 0 bridgehead atoms. The molecule has 0 aromatic carbocycles.